The van der Waals surface area contributed by atoms with Crippen LogP contribution in [0, 0.1) is 6.92 Å². The number of nitrogens with one attached hydrogen (secondary N) is 2. The van der Waals surface area contributed by atoms with Gasteiger partial charge in [-0.05, 0) is 63.2 Å². The van der Waals surface area contributed by atoms with E-state index in [1.54, 1.807) is 18.6 Å². The van der Waals surface area contributed by atoms with Gasteiger partial charge >= 0.3 is 0 Å². The van der Waals surface area contributed by atoms with E-state index in [1.807, 2.05) is 68.5 Å². The van der Waals surface area contributed by atoms with E-state index in [0.717, 1.165) is 61.7 Å². The summed E-state index contributed by atoms with van der Waals surface area (Å²) >= 11 is 0. The fourth-order valence-electron chi connectivity index (χ4n) is 4.14. The van der Waals surface area contributed by atoms with E-state index in [0.29, 0.717) is 17.2 Å². The first-order chi connectivity index (χ1) is 18.0. The van der Waals surface area contributed by atoms with Gasteiger partial charge in [0.2, 0.25) is 5.95 Å². The average Bonchev–Trinajstić information content (AvgIpc) is 2.92. The van der Waals surface area contributed by atoms with Crippen molar-refractivity contribution >= 4 is 23.2 Å². The highest BCUT2D eigenvalue weighted by Gasteiger charge is 2.14. The summed E-state index contributed by atoms with van der Waals surface area (Å²) < 4.78 is 0. The number of nitrogens with zero attached hydrogens (tertiary/aromatic N) is 5. The molecule has 0 unspecified atom stereocenters. The van der Waals surface area contributed by atoms with E-state index in [1.165, 1.54) is 0 Å². The van der Waals surface area contributed by atoms with Crippen molar-refractivity contribution in [2.24, 2.45) is 0 Å². The zero-order valence-electron chi connectivity index (χ0n) is 21.8. The number of aromatic nitrogens is 3. The Morgan fingerprint density at radius 1 is 1.11 bits per heavy atom. The quantitative estimate of drug-likeness (QED) is 0.328. The molecule has 1 aliphatic heterocycles. The lowest BCUT2D eigenvalue weighted by molar-refractivity contribution is -0.112. The molecule has 2 N–H and O–H groups in total. The normalized spacial score (nSPS) is 15.2. The number of amides is 1. The molecule has 1 aromatic carbocycles. The highest BCUT2D eigenvalue weighted by molar-refractivity contribution is 6.06. The first kappa shape index (κ1) is 26.2. The monoisotopic (exact) mass is 497 g/mol. The van der Waals surface area contributed by atoms with Crippen molar-refractivity contribution in [2.45, 2.75) is 20.3 Å². The fourth-order valence-corrected chi connectivity index (χ4v) is 4.14. The molecule has 37 heavy (non-hydrogen) atoms. The summed E-state index contributed by atoms with van der Waals surface area (Å²) in [6.45, 7) is 9.21. The van der Waals surface area contributed by atoms with Crippen LogP contribution in [0.2, 0.25) is 0 Å². The van der Waals surface area contributed by atoms with Crippen molar-refractivity contribution in [2.75, 3.05) is 50.4 Å². The summed E-state index contributed by atoms with van der Waals surface area (Å²) in [5, 5.41) is 6.34. The van der Waals surface area contributed by atoms with Gasteiger partial charge in [0, 0.05) is 73.8 Å². The second-order valence-electron chi connectivity index (χ2n) is 9.21. The second kappa shape index (κ2) is 12.9. The number of hydrogen-bond donors (Lipinski definition) is 2. The molecule has 3 heterocycles. The Labute approximate surface area is 219 Å². The predicted octanol–water partition coefficient (Wildman–Crippen LogP) is 4.67. The molecule has 1 aliphatic rings. The molecule has 3 aromatic rings. The number of aryl methyl sites for hydroxylation is 1. The molecule has 192 valence electrons. The third-order valence-corrected chi connectivity index (χ3v) is 6.37. The minimum atomic E-state index is -0.124. The predicted molar refractivity (Wildman–Crippen MR) is 150 cm³/mol. The Balaban J connectivity index is 1.42. The molecule has 1 amide bonds. The molecule has 0 saturated carbocycles. The average molecular weight is 498 g/mol. The largest absolute Gasteiger partial charge is 0.324 e. The van der Waals surface area contributed by atoms with Crippen LogP contribution in [0.4, 0.5) is 17.3 Å². The van der Waals surface area contributed by atoms with Crippen molar-refractivity contribution in [1.82, 2.24) is 24.8 Å². The summed E-state index contributed by atoms with van der Waals surface area (Å²) in [7, 11) is 2.16. The lowest BCUT2D eigenvalue weighted by atomic mass is 10.1. The molecule has 0 atom stereocenters. The zero-order valence-corrected chi connectivity index (χ0v) is 21.8. The fraction of sp³-hybridized carbons (Fsp3) is 0.310. The molecular formula is C29H35N7O. The van der Waals surface area contributed by atoms with Crippen LogP contribution in [-0.4, -0.2) is 70.4 Å². The van der Waals surface area contributed by atoms with E-state index in [9.17, 15) is 4.79 Å². The zero-order chi connectivity index (χ0) is 26.0. The third kappa shape index (κ3) is 7.55. The van der Waals surface area contributed by atoms with Crippen molar-refractivity contribution in [1.29, 1.82) is 0 Å². The Hall–Kier alpha value is -3.88. The molecule has 0 radical (unpaired) electrons. The van der Waals surface area contributed by atoms with Gasteiger partial charge in [-0.1, -0.05) is 24.3 Å². The van der Waals surface area contributed by atoms with Crippen LogP contribution in [0.1, 0.15) is 18.9 Å². The van der Waals surface area contributed by atoms with E-state index in [2.05, 4.69) is 42.4 Å². The number of likely N-dealkylation sites (N-methyl/N-ethyl adjacent to an activating group) is 1. The number of pyridine rings is 1. The van der Waals surface area contributed by atoms with Crippen molar-refractivity contribution in [3.05, 3.63) is 84.4 Å². The maximum absolute atomic E-state index is 13.1. The van der Waals surface area contributed by atoms with Gasteiger partial charge in [0.05, 0.1) is 5.69 Å². The van der Waals surface area contributed by atoms with Crippen LogP contribution in [-0.2, 0) is 4.79 Å². The van der Waals surface area contributed by atoms with Gasteiger partial charge in [-0.15, -0.1) is 0 Å². The molecule has 8 heteroatoms. The molecule has 2 aromatic heterocycles. The Bertz CT molecular complexity index is 1250. The summed E-state index contributed by atoms with van der Waals surface area (Å²) in [5.74, 6) is 0.354. The summed E-state index contributed by atoms with van der Waals surface area (Å²) in [4.78, 5) is 31.0. The minimum absolute atomic E-state index is 0.124. The van der Waals surface area contributed by atoms with Crippen LogP contribution < -0.4 is 10.6 Å². The molecular weight excluding hydrogens is 462 g/mol. The molecule has 0 bridgehead atoms. The maximum Gasteiger partial charge on any atom is 0.255 e. The van der Waals surface area contributed by atoms with Crippen LogP contribution in [0.15, 0.2) is 78.8 Å². The van der Waals surface area contributed by atoms with E-state index < -0.39 is 0 Å². The maximum atomic E-state index is 13.1. The molecule has 8 nitrogen and oxygen atoms in total. The Kier molecular flexibility index (Phi) is 9.13. The highest BCUT2D eigenvalue weighted by atomic mass is 16.1. The van der Waals surface area contributed by atoms with Gasteiger partial charge in [0.25, 0.3) is 5.91 Å². The Morgan fingerprint density at radius 2 is 1.95 bits per heavy atom. The van der Waals surface area contributed by atoms with Crippen molar-refractivity contribution < 1.29 is 4.79 Å². The van der Waals surface area contributed by atoms with Crippen LogP contribution in [0.25, 0.3) is 11.3 Å². The first-order valence-electron chi connectivity index (χ1n) is 12.7. The van der Waals surface area contributed by atoms with Gasteiger partial charge < -0.3 is 20.4 Å². The van der Waals surface area contributed by atoms with E-state index in [4.69, 9.17) is 0 Å². The number of carbonyl (C=O) groups is 1. The summed E-state index contributed by atoms with van der Waals surface area (Å²) in [6.07, 6.45) is 11.8. The second-order valence-corrected chi connectivity index (χ2v) is 9.21. The summed E-state index contributed by atoms with van der Waals surface area (Å²) in [6, 6.07) is 11.5. The van der Waals surface area contributed by atoms with Crippen molar-refractivity contribution in [3.8, 4) is 11.3 Å². The minimum Gasteiger partial charge on any atom is -0.324 e. The molecule has 0 aliphatic carbocycles. The number of piperazine rings is 1. The molecule has 4 rings (SSSR count). The van der Waals surface area contributed by atoms with E-state index >= 15 is 0 Å². The third-order valence-electron chi connectivity index (χ3n) is 6.37. The van der Waals surface area contributed by atoms with Gasteiger partial charge in [0.1, 0.15) is 0 Å². The number of carbonyl (C=O) groups excluding carboxylic acids is 1. The van der Waals surface area contributed by atoms with Gasteiger partial charge in [0.15, 0.2) is 0 Å². The Morgan fingerprint density at radius 3 is 2.70 bits per heavy atom. The lowest BCUT2D eigenvalue weighted by Gasteiger charge is -2.32. The molecule has 0 spiro atoms. The lowest BCUT2D eigenvalue weighted by Crippen LogP contribution is -2.44. The molecule has 1 fully saturated rings. The van der Waals surface area contributed by atoms with E-state index in [-0.39, 0.29) is 5.91 Å². The number of benzene rings is 1. The number of hydrogen-bond acceptors (Lipinski definition) is 7. The number of anilines is 3. The van der Waals surface area contributed by atoms with Gasteiger partial charge in [-0.3, -0.25) is 9.78 Å². The standard InChI is InChI=1S/C29H35N7O/c1-4-7-23(9-6-15-36-18-16-35(3)17-19-36)28(37)32-25-11-10-22(2)27(20-25)34-29-31-14-12-26(33-29)24-8-5-13-30-21-24/h4-5,7-14,20-21H,6,15-19H2,1-3H3,(H,32,37)(H,31,33,34)/b7-4-,23-9+. The van der Waals surface area contributed by atoms with Crippen LogP contribution in [0.5, 0.6) is 0 Å². The van der Waals surface area contributed by atoms with Crippen LogP contribution in [0.3, 0.4) is 0 Å². The number of allylic oxidation sites excluding steroid dienone is 1. The topological polar surface area (TPSA) is 86.3 Å². The highest BCUT2D eigenvalue weighted by Crippen LogP contribution is 2.24. The van der Waals surface area contributed by atoms with Gasteiger partial charge in [-0.25, -0.2) is 9.97 Å². The van der Waals surface area contributed by atoms with Gasteiger partial charge in [-0.2, -0.15) is 0 Å². The molecule has 1 saturated heterocycles. The number of rotatable bonds is 9. The SMILES string of the molecule is C/C=C\C(=C/CCN1CCN(C)CC1)C(=O)Nc1ccc(C)c(Nc2nccc(-c3cccnc3)n2)c1. The van der Waals surface area contributed by atoms with Crippen molar-refractivity contribution in [3.63, 3.8) is 0 Å². The first-order valence-corrected chi connectivity index (χ1v) is 12.7. The van der Waals surface area contributed by atoms with Crippen LogP contribution >= 0.6 is 0 Å². The summed E-state index contributed by atoms with van der Waals surface area (Å²) in [5.41, 5.74) is 4.92. The smallest absolute Gasteiger partial charge is 0.255 e.